The van der Waals surface area contributed by atoms with Crippen molar-refractivity contribution < 1.29 is 9.53 Å². The van der Waals surface area contributed by atoms with E-state index in [4.69, 9.17) is 16.3 Å². The van der Waals surface area contributed by atoms with Crippen molar-refractivity contribution in [3.8, 4) is 11.6 Å². The van der Waals surface area contributed by atoms with E-state index in [9.17, 15) is 4.79 Å². The fraction of sp³-hybridized carbons (Fsp3) is 0.522. The highest BCUT2D eigenvalue weighted by molar-refractivity contribution is 6.32. The Kier molecular flexibility index (Phi) is 7.91. The van der Waals surface area contributed by atoms with Gasteiger partial charge in [-0.05, 0) is 31.9 Å². The topological polar surface area (TPSA) is 58.6 Å². The van der Waals surface area contributed by atoms with Crippen LogP contribution in [-0.4, -0.2) is 46.5 Å². The van der Waals surface area contributed by atoms with Crippen LogP contribution in [0.3, 0.4) is 0 Å². The number of hydrogen-bond acceptors (Lipinski definition) is 5. The molecule has 1 aromatic carbocycles. The molecule has 0 bridgehead atoms. The molecule has 1 aliphatic heterocycles. The predicted octanol–water partition coefficient (Wildman–Crippen LogP) is 5.18. The normalized spacial score (nSPS) is 17.7. The summed E-state index contributed by atoms with van der Waals surface area (Å²) < 4.78 is 5.84. The minimum absolute atomic E-state index is 0.129. The van der Waals surface area contributed by atoms with E-state index in [2.05, 4.69) is 35.6 Å². The highest BCUT2D eigenvalue weighted by atomic mass is 35.5. The zero-order valence-electron chi connectivity index (χ0n) is 18.1. The van der Waals surface area contributed by atoms with Gasteiger partial charge in [0.25, 0.3) is 0 Å². The Labute approximate surface area is 184 Å². The van der Waals surface area contributed by atoms with Crippen LogP contribution in [0.1, 0.15) is 46.5 Å². The maximum atomic E-state index is 13.0. The Morgan fingerprint density at radius 3 is 2.77 bits per heavy atom. The lowest BCUT2D eigenvalue weighted by Gasteiger charge is -2.41. The van der Waals surface area contributed by atoms with Gasteiger partial charge in [-0.15, -0.1) is 0 Å². The van der Waals surface area contributed by atoms with Gasteiger partial charge in [0, 0.05) is 37.7 Å². The first-order valence-corrected chi connectivity index (χ1v) is 11.2. The second-order valence-corrected chi connectivity index (χ2v) is 8.23. The fourth-order valence-corrected chi connectivity index (χ4v) is 4.05. The van der Waals surface area contributed by atoms with E-state index in [1.165, 1.54) is 6.33 Å². The third-order valence-corrected chi connectivity index (χ3v) is 5.97. The largest absolute Gasteiger partial charge is 0.437 e. The standard InChI is InChI=1S/C23H31ClN4O2/c1-4-6-9-18(5-2)23(29)28-13-12-27(15-17(28)3)21-14-22(26-16-25-21)30-20-11-8-7-10-19(20)24/h7-8,10-11,14,16-18H,4-6,9,12-13,15H2,1-3H3/t17-,18+/m1/s1. The van der Waals surface area contributed by atoms with E-state index < -0.39 is 0 Å². The number of amides is 1. The Hall–Kier alpha value is -2.34. The molecule has 7 heteroatoms. The number of anilines is 1. The smallest absolute Gasteiger partial charge is 0.226 e. The molecule has 0 radical (unpaired) electrons. The van der Waals surface area contributed by atoms with Crippen LogP contribution in [0.5, 0.6) is 11.6 Å². The second-order valence-electron chi connectivity index (χ2n) is 7.82. The van der Waals surface area contributed by atoms with Gasteiger partial charge < -0.3 is 14.5 Å². The summed E-state index contributed by atoms with van der Waals surface area (Å²) in [6, 6.07) is 9.26. The zero-order chi connectivity index (χ0) is 21.5. The minimum atomic E-state index is 0.129. The zero-order valence-corrected chi connectivity index (χ0v) is 18.8. The minimum Gasteiger partial charge on any atom is -0.437 e. The van der Waals surface area contributed by atoms with Crippen LogP contribution in [0.15, 0.2) is 36.7 Å². The average Bonchev–Trinajstić information content (AvgIpc) is 2.76. The summed E-state index contributed by atoms with van der Waals surface area (Å²) in [6.45, 7) is 8.57. The van der Waals surface area contributed by atoms with E-state index in [1.807, 2.05) is 23.1 Å². The van der Waals surface area contributed by atoms with Crippen LogP contribution >= 0.6 is 11.6 Å². The molecule has 0 saturated carbocycles. The maximum Gasteiger partial charge on any atom is 0.226 e. The lowest BCUT2D eigenvalue weighted by atomic mass is 9.96. The summed E-state index contributed by atoms with van der Waals surface area (Å²) >= 11 is 6.18. The van der Waals surface area contributed by atoms with E-state index in [0.29, 0.717) is 29.1 Å². The van der Waals surface area contributed by atoms with Gasteiger partial charge in [0.1, 0.15) is 17.9 Å². The van der Waals surface area contributed by atoms with Crippen LogP contribution in [0.25, 0.3) is 0 Å². The van der Waals surface area contributed by atoms with Gasteiger partial charge in [-0.2, -0.15) is 0 Å². The van der Waals surface area contributed by atoms with Crippen molar-refractivity contribution in [1.82, 2.24) is 14.9 Å². The van der Waals surface area contributed by atoms with Crippen LogP contribution in [-0.2, 0) is 4.79 Å². The van der Waals surface area contributed by atoms with Gasteiger partial charge in [0.2, 0.25) is 11.8 Å². The highest BCUT2D eigenvalue weighted by Gasteiger charge is 2.31. The van der Waals surface area contributed by atoms with Crippen molar-refractivity contribution in [2.24, 2.45) is 5.92 Å². The molecule has 0 aliphatic carbocycles. The first kappa shape index (κ1) is 22.3. The highest BCUT2D eigenvalue weighted by Crippen LogP contribution is 2.29. The molecule has 162 valence electrons. The number of para-hydroxylation sites is 1. The first-order valence-electron chi connectivity index (χ1n) is 10.8. The van der Waals surface area contributed by atoms with Crippen molar-refractivity contribution in [1.29, 1.82) is 0 Å². The Bertz CT molecular complexity index is 847. The molecule has 0 spiro atoms. The second kappa shape index (κ2) is 10.6. The molecule has 2 atom stereocenters. The van der Waals surface area contributed by atoms with Gasteiger partial charge in [-0.25, -0.2) is 9.97 Å². The molecule has 0 unspecified atom stereocenters. The Morgan fingerprint density at radius 1 is 1.27 bits per heavy atom. The van der Waals surface area contributed by atoms with Crippen molar-refractivity contribution >= 4 is 23.3 Å². The van der Waals surface area contributed by atoms with Gasteiger partial charge in [-0.3, -0.25) is 4.79 Å². The van der Waals surface area contributed by atoms with Gasteiger partial charge >= 0.3 is 0 Å². The number of nitrogens with zero attached hydrogens (tertiary/aromatic N) is 4. The lowest BCUT2D eigenvalue weighted by molar-refractivity contribution is -0.138. The van der Waals surface area contributed by atoms with Crippen molar-refractivity contribution in [3.63, 3.8) is 0 Å². The molecule has 1 saturated heterocycles. The van der Waals surface area contributed by atoms with Crippen LogP contribution in [0.2, 0.25) is 5.02 Å². The SMILES string of the molecule is CCCC[C@H](CC)C(=O)N1CCN(c2cc(Oc3ccccc3Cl)ncn2)C[C@H]1C. The molecule has 6 nitrogen and oxygen atoms in total. The van der Waals surface area contributed by atoms with E-state index in [1.54, 1.807) is 12.1 Å². The first-order chi connectivity index (χ1) is 14.5. The number of ether oxygens (including phenoxy) is 1. The monoisotopic (exact) mass is 430 g/mol. The number of halogens is 1. The fourth-order valence-electron chi connectivity index (χ4n) is 3.88. The number of carbonyl (C=O) groups is 1. The molecule has 1 amide bonds. The van der Waals surface area contributed by atoms with Crippen LogP contribution in [0, 0.1) is 5.92 Å². The van der Waals surface area contributed by atoms with E-state index in [0.717, 1.165) is 44.6 Å². The molecular formula is C23H31ClN4O2. The Balaban J connectivity index is 1.65. The molecule has 3 rings (SSSR count). The van der Waals surface area contributed by atoms with E-state index >= 15 is 0 Å². The molecular weight excluding hydrogens is 400 g/mol. The number of aromatic nitrogens is 2. The third kappa shape index (κ3) is 5.42. The van der Waals surface area contributed by atoms with Crippen LogP contribution in [0.4, 0.5) is 5.82 Å². The summed E-state index contributed by atoms with van der Waals surface area (Å²) in [5.41, 5.74) is 0. The average molecular weight is 431 g/mol. The van der Waals surface area contributed by atoms with Gasteiger partial charge in [0.05, 0.1) is 5.02 Å². The summed E-state index contributed by atoms with van der Waals surface area (Å²) in [6.07, 6.45) is 5.61. The maximum absolute atomic E-state index is 13.0. The van der Waals surface area contributed by atoms with Gasteiger partial charge in [0.15, 0.2) is 0 Å². The Morgan fingerprint density at radius 2 is 2.07 bits per heavy atom. The number of unbranched alkanes of at least 4 members (excludes halogenated alkanes) is 1. The van der Waals surface area contributed by atoms with Crippen molar-refractivity contribution in [2.75, 3.05) is 24.5 Å². The third-order valence-electron chi connectivity index (χ3n) is 5.66. The lowest BCUT2D eigenvalue weighted by Crippen LogP contribution is -2.55. The molecule has 1 aromatic heterocycles. The summed E-state index contributed by atoms with van der Waals surface area (Å²) in [4.78, 5) is 25.9. The number of carbonyl (C=O) groups excluding carboxylic acids is 1. The molecule has 30 heavy (non-hydrogen) atoms. The molecule has 0 N–H and O–H groups in total. The molecule has 2 aromatic rings. The van der Waals surface area contributed by atoms with Gasteiger partial charge in [-0.1, -0.05) is 50.4 Å². The molecule has 1 fully saturated rings. The number of piperazine rings is 1. The van der Waals surface area contributed by atoms with Crippen LogP contribution < -0.4 is 9.64 Å². The number of benzene rings is 1. The van der Waals surface area contributed by atoms with E-state index in [-0.39, 0.29) is 12.0 Å². The van der Waals surface area contributed by atoms with Crippen molar-refractivity contribution in [2.45, 2.75) is 52.5 Å². The predicted molar refractivity (Wildman–Crippen MR) is 120 cm³/mol. The quantitative estimate of drug-likeness (QED) is 0.577. The van der Waals surface area contributed by atoms with Crippen molar-refractivity contribution in [3.05, 3.63) is 41.7 Å². The number of hydrogen-bond donors (Lipinski definition) is 0. The summed E-state index contributed by atoms with van der Waals surface area (Å²) in [5.74, 6) is 2.23. The molecule has 2 heterocycles. The summed E-state index contributed by atoms with van der Waals surface area (Å²) in [5, 5.41) is 0.534. The number of rotatable bonds is 8. The molecule has 1 aliphatic rings. The summed E-state index contributed by atoms with van der Waals surface area (Å²) in [7, 11) is 0.